The summed E-state index contributed by atoms with van der Waals surface area (Å²) in [6.07, 6.45) is 0.827. The minimum Gasteiger partial charge on any atom is -0.497 e. The lowest BCUT2D eigenvalue weighted by Crippen LogP contribution is -2.07. The SMILES string of the molecule is CCCn1c(O)c(N=NC(=O)COc2ccc(Cl)cc2)c2cc(OC)ccc21. The van der Waals surface area contributed by atoms with Crippen molar-refractivity contribution in [2.45, 2.75) is 19.9 Å². The highest BCUT2D eigenvalue weighted by atomic mass is 35.5. The molecule has 1 aromatic heterocycles. The Kier molecular flexibility index (Phi) is 6.16. The summed E-state index contributed by atoms with van der Waals surface area (Å²) in [6, 6.07) is 12.0. The van der Waals surface area contributed by atoms with E-state index in [4.69, 9.17) is 21.1 Å². The van der Waals surface area contributed by atoms with Crippen LogP contribution in [0.5, 0.6) is 17.4 Å². The molecule has 146 valence electrons. The zero-order valence-corrected chi connectivity index (χ0v) is 16.3. The zero-order chi connectivity index (χ0) is 20.1. The van der Waals surface area contributed by atoms with Gasteiger partial charge in [-0.15, -0.1) is 10.2 Å². The van der Waals surface area contributed by atoms with Crippen LogP contribution in [0.25, 0.3) is 10.9 Å². The van der Waals surface area contributed by atoms with E-state index in [2.05, 4.69) is 10.2 Å². The van der Waals surface area contributed by atoms with Gasteiger partial charge < -0.3 is 19.1 Å². The van der Waals surface area contributed by atoms with Crippen molar-refractivity contribution in [1.29, 1.82) is 0 Å². The lowest BCUT2D eigenvalue weighted by molar-refractivity contribution is -0.120. The van der Waals surface area contributed by atoms with Crippen molar-refractivity contribution in [3.05, 3.63) is 47.5 Å². The number of aryl methyl sites for hydroxylation is 1. The van der Waals surface area contributed by atoms with Crippen molar-refractivity contribution < 1.29 is 19.4 Å². The number of halogens is 1. The summed E-state index contributed by atoms with van der Waals surface area (Å²) in [5, 5.41) is 19.5. The Morgan fingerprint density at radius 3 is 2.57 bits per heavy atom. The van der Waals surface area contributed by atoms with Crippen LogP contribution in [0.2, 0.25) is 5.02 Å². The fourth-order valence-electron chi connectivity index (χ4n) is 2.79. The molecule has 0 fully saturated rings. The summed E-state index contributed by atoms with van der Waals surface area (Å²) in [7, 11) is 1.56. The molecular formula is C20H20ClN3O4. The number of hydrogen-bond donors (Lipinski definition) is 1. The van der Waals surface area contributed by atoms with Gasteiger partial charge in [0.15, 0.2) is 12.3 Å². The van der Waals surface area contributed by atoms with Crippen LogP contribution in [0.3, 0.4) is 0 Å². The van der Waals surface area contributed by atoms with Crippen molar-refractivity contribution in [2.75, 3.05) is 13.7 Å². The molecule has 0 saturated heterocycles. The maximum absolute atomic E-state index is 12.0. The molecule has 1 amide bonds. The van der Waals surface area contributed by atoms with E-state index in [1.165, 1.54) is 0 Å². The molecule has 1 N–H and O–H groups in total. The second-order valence-corrected chi connectivity index (χ2v) is 6.48. The molecule has 0 unspecified atom stereocenters. The number of aromatic nitrogens is 1. The smallest absolute Gasteiger partial charge is 0.302 e. The average Bonchev–Trinajstić information content (AvgIpc) is 2.96. The van der Waals surface area contributed by atoms with Gasteiger partial charge in [0.25, 0.3) is 0 Å². The number of amides is 1. The first-order chi connectivity index (χ1) is 13.5. The minimum absolute atomic E-state index is 0.0414. The maximum atomic E-state index is 12.0. The van der Waals surface area contributed by atoms with Crippen LogP contribution in [0.1, 0.15) is 13.3 Å². The number of fused-ring (bicyclic) bond motifs is 1. The fraction of sp³-hybridized carbons (Fsp3) is 0.250. The van der Waals surface area contributed by atoms with Crippen LogP contribution in [-0.2, 0) is 11.3 Å². The van der Waals surface area contributed by atoms with Gasteiger partial charge in [0, 0.05) is 17.0 Å². The van der Waals surface area contributed by atoms with Crippen molar-refractivity contribution in [3.8, 4) is 17.4 Å². The van der Waals surface area contributed by atoms with E-state index in [9.17, 15) is 9.90 Å². The Morgan fingerprint density at radius 2 is 1.89 bits per heavy atom. The molecule has 0 aliphatic heterocycles. The predicted molar refractivity (Wildman–Crippen MR) is 107 cm³/mol. The van der Waals surface area contributed by atoms with Gasteiger partial charge in [-0.25, -0.2) is 0 Å². The highest BCUT2D eigenvalue weighted by molar-refractivity contribution is 6.30. The molecule has 0 saturated carbocycles. The molecule has 3 aromatic rings. The first kappa shape index (κ1) is 19.7. The standard InChI is InChI=1S/C20H20ClN3O4/c1-3-10-24-17-9-8-15(27-2)11-16(17)19(20(24)26)23-22-18(25)12-28-14-6-4-13(21)5-7-14/h4-9,11,26H,3,10,12H2,1-2H3. The predicted octanol–water partition coefficient (Wildman–Crippen LogP) is 5.11. The second-order valence-electron chi connectivity index (χ2n) is 6.04. The summed E-state index contributed by atoms with van der Waals surface area (Å²) in [4.78, 5) is 12.0. The Balaban J connectivity index is 1.82. The number of azo groups is 1. The third-order valence-corrected chi connectivity index (χ3v) is 4.35. The number of ether oxygens (including phenoxy) is 2. The summed E-state index contributed by atoms with van der Waals surface area (Å²) in [5.41, 5.74) is 1.01. The van der Waals surface area contributed by atoms with Gasteiger partial charge in [-0.1, -0.05) is 18.5 Å². The van der Waals surface area contributed by atoms with Gasteiger partial charge in [0.1, 0.15) is 11.5 Å². The lowest BCUT2D eigenvalue weighted by atomic mass is 10.2. The van der Waals surface area contributed by atoms with Gasteiger partial charge in [-0.2, -0.15) is 0 Å². The summed E-state index contributed by atoms with van der Waals surface area (Å²) in [6.45, 7) is 2.34. The van der Waals surface area contributed by atoms with Crippen LogP contribution in [-0.4, -0.2) is 29.3 Å². The molecule has 0 bridgehead atoms. The number of benzene rings is 2. The molecule has 0 spiro atoms. The van der Waals surface area contributed by atoms with Gasteiger partial charge >= 0.3 is 5.91 Å². The van der Waals surface area contributed by atoms with Gasteiger partial charge in [-0.05, 0) is 48.9 Å². The van der Waals surface area contributed by atoms with Crippen LogP contribution in [0.4, 0.5) is 5.69 Å². The number of rotatable bonds is 7. The van der Waals surface area contributed by atoms with E-state index in [0.717, 1.165) is 11.9 Å². The van der Waals surface area contributed by atoms with E-state index in [-0.39, 0.29) is 18.2 Å². The van der Waals surface area contributed by atoms with Crippen LogP contribution in [0, 0.1) is 0 Å². The van der Waals surface area contributed by atoms with Crippen molar-refractivity contribution in [1.82, 2.24) is 4.57 Å². The quantitative estimate of drug-likeness (QED) is 0.557. The van der Waals surface area contributed by atoms with E-state index in [0.29, 0.717) is 28.5 Å². The molecule has 0 aliphatic rings. The molecule has 7 nitrogen and oxygen atoms in total. The summed E-state index contributed by atoms with van der Waals surface area (Å²) >= 11 is 5.81. The number of carbonyl (C=O) groups is 1. The molecular weight excluding hydrogens is 382 g/mol. The molecule has 0 atom stereocenters. The highest BCUT2D eigenvalue weighted by Crippen LogP contribution is 2.40. The molecule has 1 heterocycles. The fourth-order valence-corrected chi connectivity index (χ4v) is 2.91. The minimum atomic E-state index is -0.575. The molecule has 2 aromatic carbocycles. The number of hydrogen-bond acceptors (Lipinski definition) is 5. The average molecular weight is 402 g/mol. The van der Waals surface area contributed by atoms with Gasteiger partial charge in [-0.3, -0.25) is 4.79 Å². The van der Waals surface area contributed by atoms with E-state index in [1.807, 2.05) is 13.0 Å². The monoisotopic (exact) mass is 401 g/mol. The molecule has 3 rings (SSSR count). The first-order valence-electron chi connectivity index (χ1n) is 8.75. The van der Waals surface area contributed by atoms with Crippen molar-refractivity contribution in [2.24, 2.45) is 10.2 Å². The number of aromatic hydroxyl groups is 1. The summed E-state index contributed by atoms with van der Waals surface area (Å²) < 4.78 is 12.3. The number of nitrogens with zero attached hydrogens (tertiary/aromatic N) is 3. The van der Waals surface area contributed by atoms with Crippen LogP contribution < -0.4 is 9.47 Å². The zero-order valence-electron chi connectivity index (χ0n) is 15.6. The van der Waals surface area contributed by atoms with Crippen LogP contribution >= 0.6 is 11.6 Å². The first-order valence-corrected chi connectivity index (χ1v) is 9.13. The number of carbonyl (C=O) groups excluding carboxylic acids is 1. The molecule has 0 radical (unpaired) electrons. The maximum Gasteiger partial charge on any atom is 0.302 e. The third-order valence-electron chi connectivity index (χ3n) is 4.10. The lowest BCUT2D eigenvalue weighted by Gasteiger charge is -2.04. The van der Waals surface area contributed by atoms with Gasteiger partial charge in [0.05, 0.1) is 12.6 Å². The molecule has 28 heavy (non-hydrogen) atoms. The number of methoxy groups -OCH3 is 1. The molecule has 8 heteroatoms. The largest absolute Gasteiger partial charge is 0.497 e. The molecule has 0 aliphatic carbocycles. The van der Waals surface area contributed by atoms with Crippen molar-refractivity contribution in [3.63, 3.8) is 0 Å². The van der Waals surface area contributed by atoms with E-state index in [1.54, 1.807) is 48.1 Å². The third kappa shape index (κ3) is 4.26. The normalized spacial score (nSPS) is 11.2. The van der Waals surface area contributed by atoms with Crippen molar-refractivity contribution >= 4 is 34.1 Å². The highest BCUT2D eigenvalue weighted by Gasteiger charge is 2.17. The van der Waals surface area contributed by atoms with E-state index < -0.39 is 5.91 Å². The Morgan fingerprint density at radius 1 is 1.18 bits per heavy atom. The van der Waals surface area contributed by atoms with Gasteiger partial charge in [0.2, 0.25) is 5.88 Å². The Labute approximate surface area is 167 Å². The topological polar surface area (TPSA) is 85.4 Å². The Hall–Kier alpha value is -3.06. The van der Waals surface area contributed by atoms with E-state index >= 15 is 0 Å². The summed E-state index contributed by atoms with van der Waals surface area (Å²) in [5.74, 6) is 0.504. The Bertz CT molecular complexity index is 1010. The van der Waals surface area contributed by atoms with Crippen LogP contribution in [0.15, 0.2) is 52.7 Å². The second kappa shape index (κ2) is 8.75.